The van der Waals surface area contributed by atoms with Crippen molar-refractivity contribution in [2.45, 2.75) is 18.7 Å². The number of thiazole rings is 2. The van der Waals surface area contributed by atoms with Gasteiger partial charge in [0.2, 0.25) is 0 Å². The largest absolute Gasteiger partial charge is 0.307 e. The van der Waals surface area contributed by atoms with E-state index in [-0.39, 0.29) is 0 Å². The minimum absolute atomic E-state index is 0.875. The number of nitrogens with zero attached hydrogens (tertiary/aromatic N) is 2. The van der Waals surface area contributed by atoms with Crippen LogP contribution >= 0.6 is 34.4 Å². The smallest absolute Gasteiger partial charge is 0.190 e. The second kappa shape index (κ2) is 6.78. The zero-order valence-corrected chi connectivity index (χ0v) is 16.6. The predicted octanol–water partition coefficient (Wildman–Crippen LogP) is 6.50. The summed E-state index contributed by atoms with van der Waals surface area (Å²) in [4.78, 5) is 10.7. The summed E-state index contributed by atoms with van der Waals surface area (Å²) >= 11 is 5.02. The Morgan fingerprint density at radius 2 is 1.88 bits per heavy atom. The standard InChI is InChI=1S/C19H17N3S3/c1-11-4-5-12(2)14(8-11)16-10-24-18(21-16)22-19-20-15-7-6-13(23-3)9-17(15)25-19/h4-10H,1-3H3,(H,20,21,22). The van der Waals surface area contributed by atoms with Gasteiger partial charge in [-0.15, -0.1) is 23.1 Å². The number of benzene rings is 2. The van der Waals surface area contributed by atoms with Crippen molar-refractivity contribution in [2.75, 3.05) is 11.6 Å². The first-order valence-corrected chi connectivity index (χ1v) is 10.8. The van der Waals surface area contributed by atoms with Crippen molar-refractivity contribution in [3.05, 3.63) is 52.9 Å². The van der Waals surface area contributed by atoms with Crippen LogP contribution in [0.25, 0.3) is 21.5 Å². The number of aryl methyl sites for hydroxylation is 2. The highest BCUT2D eigenvalue weighted by atomic mass is 32.2. The molecule has 25 heavy (non-hydrogen) atoms. The predicted molar refractivity (Wildman–Crippen MR) is 112 cm³/mol. The summed E-state index contributed by atoms with van der Waals surface area (Å²) in [6.07, 6.45) is 2.09. The van der Waals surface area contributed by atoms with Gasteiger partial charge in [0.15, 0.2) is 10.3 Å². The molecule has 0 saturated carbocycles. The molecular weight excluding hydrogens is 366 g/mol. The SMILES string of the molecule is CSc1ccc2nc(Nc3nc(-c4cc(C)ccc4C)cs3)sc2c1. The molecule has 0 unspecified atom stereocenters. The Balaban J connectivity index is 1.61. The lowest BCUT2D eigenvalue weighted by molar-refractivity contribution is 1.33. The van der Waals surface area contributed by atoms with Crippen LogP contribution < -0.4 is 5.32 Å². The maximum Gasteiger partial charge on any atom is 0.190 e. The normalized spacial score (nSPS) is 11.2. The fourth-order valence-corrected chi connectivity index (χ4v) is 4.84. The third-order valence-corrected chi connectivity index (χ3v) is 6.40. The number of hydrogen-bond acceptors (Lipinski definition) is 6. The number of anilines is 2. The van der Waals surface area contributed by atoms with E-state index >= 15 is 0 Å². The van der Waals surface area contributed by atoms with Crippen molar-refractivity contribution in [1.29, 1.82) is 0 Å². The summed E-state index contributed by atoms with van der Waals surface area (Å²) < 4.78 is 1.20. The Bertz CT molecular complexity index is 1050. The summed E-state index contributed by atoms with van der Waals surface area (Å²) in [6.45, 7) is 4.23. The monoisotopic (exact) mass is 383 g/mol. The Morgan fingerprint density at radius 1 is 1.00 bits per heavy atom. The third kappa shape index (κ3) is 3.42. The average Bonchev–Trinajstić information content (AvgIpc) is 3.22. The molecule has 0 aliphatic carbocycles. The minimum Gasteiger partial charge on any atom is -0.307 e. The van der Waals surface area contributed by atoms with Gasteiger partial charge in [-0.25, -0.2) is 9.97 Å². The van der Waals surface area contributed by atoms with Gasteiger partial charge in [-0.3, -0.25) is 0 Å². The summed E-state index contributed by atoms with van der Waals surface area (Å²) in [6, 6.07) is 12.8. The van der Waals surface area contributed by atoms with Gasteiger partial charge in [0.05, 0.1) is 15.9 Å². The second-order valence-corrected chi connectivity index (χ2v) is 8.60. The zero-order valence-electron chi connectivity index (χ0n) is 14.2. The van der Waals surface area contributed by atoms with Crippen molar-refractivity contribution in [3.8, 4) is 11.3 Å². The minimum atomic E-state index is 0.875. The fraction of sp³-hybridized carbons (Fsp3) is 0.158. The van der Waals surface area contributed by atoms with Crippen molar-refractivity contribution in [3.63, 3.8) is 0 Å². The van der Waals surface area contributed by atoms with Crippen LogP contribution in [-0.2, 0) is 0 Å². The molecule has 0 aliphatic rings. The van der Waals surface area contributed by atoms with E-state index in [9.17, 15) is 0 Å². The molecular formula is C19H17N3S3. The van der Waals surface area contributed by atoms with E-state index in [0.29, 0.717) is 0 Å². The van der Waals surface area contributed by atoms with Gasteiger partial charge in [0.1, 0.15) is 0 Å². The quantitative estimate of drug-likeness (QED) is 0.408. The topological polar surface area (TPSA) is 37.8 Å². The van der Waals surface area contributed by atoms with Gasteiger partial charge in [-0.05, 0) is 49.9 Å². The van der Waals surface area contributed by atoms with E-state index in [1.54, 1.807) is 34.4 Å². The number of thioether (sulfide) groups is 1. The summed E-state index contributed by atoms with van der Waals surface area (Å²) in [5.41, 5.74) is 5.72. The van der Waals surface area contributed by atoms with Gasteiger partial charge < -0.3 is 5.32 Å². The van der Waals surface area contributed by atoms with Crippen LogP contribution in [-0.4, -0.2) is 16.2 Å². The molecule has 0 fully saturated rings. The molecule has 0 radical (unpaired) electrons. The fourth-order valence-electron chi connectivity index (χ4n) is 2.64. The molecule has 2 aromatic carbocycles. The molecule has 0 aliphatic heterocycles. The Hall–Kier alpha value is -1.89. The highest BCUT2D eigenvalue weighted by Gasteiger charge is 2.10. The van der Waals surface area contributed by atoms with E-state index < -0.39 is 0 Å². The molecule has 6 heteroatoms. The van der Waals surface area contributed by atoms with Crippen LogP contribution in [0.15, 0.2) is 46.7 Å². The molecule has 0 bridgehead atoms. The Labute approximate surface area is 159 Å². The van der Waals surface area contributed by atoms with E-state index in [2.05, 4.69) is 72.2 Å². The molecule has 0 amide bonds. The second-order valence-electron chi connectivity index (χ2n) is 5.83. The Morgan fingerprint density at radius 3 is 2.72 bits per heavy atom. The van der Waals surface area contributed by atoms with E-state index in [4.69, 9.17) is 4.98 Å². The lowest BCUT2D eigenvalue weighted by Crippen LogP contribution is -1.89. The first kappa shape index (κ1) is 16.6. The van der Waals surface area contributed by atoms with Crippen molar-refractivity contribution < 1.29 is 0 Å². The van der Waals surface area contributed by atoms with Crippen LogP contribution in [0.3, 0.4) is 0 Å². The third-order valence-electron chi connectivity index (χ3n) is 3.98. The molecule has 0 spiro atoms. The molecule has 4 rings (SSSR count). The highest BCUT2D eigenvalue weighted by Crippen LogP contribution is 2.33. The number of hydrogen-bond donors (Lipinski definition) is 1. The van der Waals surface area contributed by atoms with Crippen LogP contribution in [0.4, 0.5) is 10.3 Å². The maximum absolute atomic E-state index is 4.75. The van der Waals surface area contributed by atoms with Crippen LogP contribution in [0.2, 0.25) is 0 Å². The Kier molecular flexibility index (Phi) is 4.50. The molecule has 2 aromatic heterocycles. The van der Waals surface area contributed by atoms with Crippen molar-refractivity contribution >= 4 is 54.9 Å². The van der Waals surface area contributed by atoms with Crippen molar-refractivity contribution in [1.82, 2.24) is 9.97 Å². The molecule has 3 nitrogen and oxygen atoms in total. The van der Waals surface area contributed by atoms with E-state index in [1.165, 1.54) is 26.3 Å². The van der Waals surface area contributed by atoms with Gasteiger partial charge in [0.25, 0.3) is 0 Å². The van der Waals surface area contributed by atoms with Crippen molar-refractivity contribution in [2.24, 2.45) is 0 Å². The molecule has 2 heterocycles. The zero-order chi connectivity index (χ0) is 17.4. The van der Waals surface area contributed by atoms with Crippen LogP contribution in [0.1, 0.15) is 11.1 Å². The molecule has 126 valence electrons. The average molecular weight is 384 g/mol. The first-order valence-electron chi connectivity index (χ1n) is 7.87. The number of rotatable bonds is 4. The summed E-state index contributed by atoms with van der Waals surface area (Å²) in [5.74, 6) is 0. The van der Waals surface area contributed by atoms with E-state index in [1.807, 2.05) is 0 Å². The molecule has 0 saturated heterocycles. The number of nitrogens with one attached hydrogen (secondary N) is 1. The lowest BCUT2D eigenvalue weighted by Gasteiger charge is -2.03. The van der Waals surface area contributed by atoms with Crippen LogP contribution in [0.5, 0.6) is 0 Å². The summed E-state index contributed by atoms with van der Waals surface area (Å²) in [7, 11) is 0. The lowest BCUT2D eigenvalue weighted by atomic mass is 10.0. The highest BCUT2D eigenvalue weighted by molar-refractivity contribution is 7.98. The molecule has 4 aromatic rings. The van der Waals surface area contributed by atoms with Gasteiger partial charge in [-0.2, -0.15) is 0 Å². The van der Waals surface area contributed by atoms with E-state index in [0.717, 1.165) is 21.5 Å². The van der Waals surface area contributed by atoms with Gasteiger partial charge in [-0.1, -0.05) is 29.0 Å². The maximum atomic E-state index is 4.75. The molecule has 1 N–H and O–H groups in total. The molecule has 0 atom stereocenters. The van der Waals surface area contributed by atoms with Gasteiger partial charge >= 0.3 is 0 Å². The van der Waals surface area contributed by atoms with Crippen LogP contribution in [0, 0.1) is 13.8 Å². The number of fused-ring (bicyclic) bond motifs is 1. The number of aromatic nitrogens is 2. The van der Waals surface area contributed by atoms with Gasteiger partial charge in [0, 0.05) is 15.8 Å². The summed E-state index contributed by atoms with van der Waals surface area (Å²) in [5, 5.41) is 7.22. The first-order chi connectivity index (χ1) is 12.1.